The molecule has 0 aliphatic carbocycles. The molecule has 112 valence electrons. The number of aliphatic hydroxyl groups excluding tert-OH is 1. The zero-order chi connectivity index (χ0) is 15.1. The van der Waals surface area contributed by atoms with E-state index in [0.29, 0.717) is 6.54 Å². The van der Waals surface area contributed by atoms with Crippen molar-refractivity contribution in [3.63, 3.8) is 0 Å². The van der Waals surface area contributed by atoms with Crippen LogP contribution in [0.1, 0.15) is 33.6 Å². The fourth-order valence-electron chi connectivity index (χ4n) is 1.68. The van der Waals surface area contributed by atoms with E-state index < -0.39 is 24.1 Å². The minimum Gasteiger partial charge on any atom is -0.480 e. The Morgan fingerprint density at radius 2 is 1.84 bits per heavy atom. The summed E-state index contributed by atoms with van der Waals surface area (Å²) in [4.78, 5) is 22.5. The molecule has 0 fully saturated rings. The first-order chi connectivity index (χ1) is 8.81. The van der Waals surface area contributed by atoms with Crippen LogP contribution < -0.4 is 10.6 Å². The van der Waals surface area contributed by atoms with Crippen molar-refractivity contribution < 1.29 is 19.8 Å². The molecule has 2 amide bonds. The van der Waals surface area contributed by atoms with E-state index in [9.17, 15) is 14.7 Å². The lowest BCUT2D eigenvalue weighted by molar-refractivity contribution is -0.141. The van der Waals surface area contributed by atoms with Crippen molar-refractivity contribution in [1.82, 2.24) is 10.6 Å². The highest BCUT2D eigenvalue weighted by Gasteiger charge is 2.28. The molecule has 4 N–H and O–H groups in total. The van der Waals surface area contributed by atoms with Crippen LogP contribution in [0.15, 0.2) is 0 Å². The zero-order valence-electron chi connectivity index (χ0n) is 11.9. The summed E-state index contributed by atoms with van der Waals surface area (Å²) in [7, 11) is 0. The van der Waals surface area contributed by atoms with Gasteiger partial charge in [-0.05, 0) is 26.0 Å². The maximum atomic E-state index is 11.7. The molecule has 0 spiro atoms. The number of thioether (sulfide) groups is 1. The van der Waals surface area contributed by atoms with Crippen molar-refractivity contribution in [3.05, 3.63) is 0 Å². The molecule has 0 radical (unpaired) electrons. The van der Waals surface area contributed by atoms with Crippen molar-refractivity contribution in [2.24, 2.45) is 0 Å². The monoisotopic (exact) mass is 292 g/mol. The van der Waals surface area contributed by atoms with Gasteiger partial charge in [0.15, 0.2) is 6.04 Å². The fraction of sp³-hybridized carbons (Fsp3) is 0.833. The topological polar surface area (TPSA) is 98.7 Å². The standard InChI is InChI=1S/C12H24N2O4S/c1-5-12(6-2,19-4)7-13-11(18)14-9(8(3)15)10(16)17/h8-9,15H,5-7H2,1-4H3,(H,16,17)(H2,13,14,18). The molecule has 2 unspecified atom stereocenters. The van der Waals surface area contributed by atoms with E-state index in [1.165, 1.54) is 6.92 Å². The number of hydrogen-bond donors (Lipinski definition) is 4. The van der Waals surface area contributed by atoms with E-state index >= 15 is 0 Å². The lowest BCUT2D eigenvalue weighted by Crippen LogP contribution is -2.53. The van der Waals surface area contributed by atoms with Crippen molar-refractivity contribution in [2.75, 3.05) is 12.8 Å². The van der Waals surface area contributed by atoms with E-state index in [1.54, 1.807) is 11.8 Å². The van der Waals surface area contributed by atoms with Crippen molar-refractivity contribution in [2.45, 2.75) is 50.5 Å². The quantitative estimate of drug-likeness (QED) is 0.536. The normalized spacial score (nSPS) is 14.6. The SMILES string of the molecule is CCC(CC)(CNC(=O)NC(C(=O)O)C(C)O)SC. The lowest BCUT2D eigenvalue weighted by Gasteiger charge is -2.30. The van der Waals surface area contributed by atoms with Gasteiger partial charge in [-0.25, -0.2) is 9.59 Å². The van der Waals surface area contributed by atoms with Gasteiger partial charge < -0.3 is 20.8 Å². The summed E-state index contributed by atoms with van der Waals surface area (Å²) < 4.78 is -0.0408. The maximum Gasteiger partial charge on any atom is 0.328 e. The Morgan fingerprint density at radius 3 is 2.16 bits per heavy atom. The Hall–Kier alpha value is -0.950. The van der Waals surface area contributed by atoms with Crippen LogP contribution in [-0.2, 0) is 4.79 Å². The molecular weight excluding hydrogens is 268 g/mol. The number of carbonyl (C=O) groups excluding carboxylic acids is 1. The number of urea groups is 1. The molecule has 0 bridgehead atoms. The molecule has 0 saturated heterocycles. The van der Waals surface area contributed by atoms with Crippen LogP contribution in [0.2, 0.25) is 0 Å². The Labute approximate surface area is 118 Å². The smallest absolute Gasteiger partial charge is 0.328 e. The third-order valence-electron chi connectivity index (χ3n) is 3.33. The number of carboxylic acid groups (broad SMARTS) is 1. The van der Waals surface area contributed by atoms with Crippen molar-refractivity contribution in [1.29, 1.82) is 0 Å². The van der Waals surface area contributed by atoms with Crippen molar-refractivity contribution in [3.8, 4) is 0 Å². The number of carbonyl (C=O) groups is 2. The highest BCUT2D eigenvalue weighted by Crippen LogP contribution is 2.29. The first-order valence-corrected chi connectivity index (χ1v) is 7.54. The van der Waals surface area contributed by atoms with Gasteiger partial charge in [-0.2, -0.15) is 11.8 Å². The lowest BCUT2D eigenvalue weighted by atomic mass is 10.0. The van der Waals surface area contributed by atoms with E-state index in [1.807, 2.05) is 6.26 Å². The second kappa shape index (κ2) is 8.27. The molecule has 19 heavy (non-hydrogen) atoms. The van der Waals surface area contributed by atoms with Crippen LogP contribution in [0.4, 0.5) is 4.79 Å². The Morgan fingerprint density at radius 1 is 1.32 bits per heavy atom. The molecule has 0 aliphatic heterocycles. The molecule has 0 rings (SSSR count). The highest BCUT2D eigenvalue weighted by molar-refractivity contribution is 8.00. The van der Waals surface area contributed by atoms with Crippen LogP contribution in [0.25, 0.3) is 0 Å². The van der Waals surface area contributed by atoms with E-state index in [0.717, 1.165) is 12.8 Å². The first-order valence-electron chi connectivity index (χ1n) is 6.32. The average Bonchev–Trinajstić information content (AvgIpc) is 2.37. The maximum absolute atomic E-state index is 11.7. The minimum absolute atomic E-state index is 0.0408. The zero-order valence-corrected chi connectivity index (χ0v) is 12.7. The van der Waals surface area contributed by atoms with Crippen molar-refractivity contribution >= 4 is 23.8 Å². The third kappa shape index (κ3) is 5.69. The first kappa shape index (κ1) is 18.0. The molecule has 7 heteroatoms. The Bertz CT molecular complexity index is 298. The highest BCUT2D eigenvalue weighted by atomic mass is 32.2. The van der Waals surface area contributed by atoms with Crippen LogP contribution >= 0.6 is 11.8 Å². The van der Waals surface area contributed by atoms with Gasteiger partial charge >= 0.3 is 12.0 Å². The van der Waals surface area contributed by atoms with Crippen LogP contribution in [0.3, 0.4) is 0 Å². The summed E-state index contributed by atoms with van der Waals surface area (Å²) in [5.74, 6) is -1.26. The van der Waals surface area contributed by atoms with Gasteiger partial charge in [0.1, 0.15) is 0 Å². The number of aliphatic carboxylic acids is 1. The molecular formula is C12H24N2O4S. The number of hydrogen-bond acceptors (Lipinski definition) is 4. The van der Waals surface area contributed by atoms with Gasteiger partial charge in [0.05, 0.1) is 6.10 Å². The average molecular weight is 292 g/mol. The molecule has 0 aromatic rings. The van der Waals surface area contributed by atoms with E-state index in [-0.39, 0.29) is 4.75 Å². The van der Waals surface area contributed by atoms with Crippen LogP contribution in [-0.4, -0.2) is 51.9 Å². The van der Waals surface area contributed by atoms with Gasteiger partial charge in [-0.15, -0.1) is 0 Å². The molecule has 2 atom stereocenters. The number of aliphatic hydroxyl groups is 1. The summed E-state index contributed by atoms with van der Waals surface area (Å²) in [5.41, 5.74) is 0. The summed E-state index contributed by atoms with van der Waals surface area (Å²) in [6, 6.07) is -1.87. The largest absolute Gasteiger partial charge is 0.480 e. The molecule has 0 aliphatic rings. The fourth-order valence-corrected chi connectivity index (χ4v) is 2.48. The molecule has 6 nitrogen and oxygen atoms in total. The minimum atomic E-state index is -1.30. The molecule has 0 saturated carbocycles. The number of rotatable bonds is 8. The van der Waals surface area contributed by atoms with Crippen LogP contribution in [0.5, 0.6) is 0 Å². The number of carboxylic acids is 1. The molecule has 0 heterocycles. The number of nitrogens with one attached hydrogen (secondary N) is 2. The summed E-state index contributed by atoms with van der Waals surface area (Å²) in [6.07, 6.45) is 2.65. The van der Waals surface area contributed by atoms with Gasteiger partial charge in [0.2, 0.25) is 0 Å². The second-order valence-electron chi connectivity index (χ2n) is 4.48. The summed E-state index contributed by atoms with van der Waals surface area (Å²) in [5, 5.41) is 23.0. The van der Waals surface area contributed by atoms with Gasteiger partial charge in [0.25, 0.3) is 0 Å². The third-order valence-corrected chi connectivity index (χ3v) is 4.92. The van der Waals surface area contributed by atoms with E-state index in [2.05, 4.69) is 24.5 Å². The van der Waals surface area contributed by atoms with E-state index in [4.69, 9.17) is 5.11 Å². The predicted octanol–water partition coefficient (Wildman–Crippen LogP) is 1.04. The Kier molecular flexibility index (Phi) is 7.85. The molecule has 0 aromatic carbocycles. The van der Waals surface area contributed by atoms with Gasteiger partial charge in [0, 0.05) is 11.3 Å². The van der Waals surface area contributed by atoms with Gasteiger partial charge in [-0.3, -0.25) is 0 Å². The summed E-state index contributed by atoms with van der Waals surface area (Å²) in [6.45, 7) is 5.88. The predicted molar refractivity (Wildman–Crippen MR) is 76.5 cm³/mol. The van der Waals surface area contributed by atoms with Gasteiger partial charge in [-0.1, -0.05) is 13.8 Å². The second-order valence-corrected chi connectivity index (χ2v) is 5.75. The molecule has 0 aromatic heterocycles. The Balaban J connectivity index is 4.42. The number of amides is 2. The summed E-state index contributed by atoms with van der Waals surface area (Å²) >= 11 is 1.68. The van der Waals surface area contributed by atoms with Crippen LogP contribution in [0, 0.1) is 0 Å².